The van der Waals surface area contributed by atoms with Gasteiger partial charge in [-0.2, -0.15) is 5.10 Å². The molecular weight excluding hydrogens is 419 g/mol. The maximum absolute atomic E-state index is 14.3. The van der Waals surface area contributed by atoms with Crippen molar-refractivity contribution in [1.82, 2.24) is 24.5 Å². The van der Waals surface area contributed by atoms with Gasteiger partial charge in [-0.25, -0.2) is 13.9 Å². The van der Waals surface area contributed by atoms with E-state index in [1.807, 2.05) is 29.9 Å². The third kappa shape index (κ3) is 3.15. The van der Waals surface area contributed by atoms with Gasteiger partial charge >= 0.3 is 0 Å². The van der Waals surface area contributed by atoms with Crippen LogP contribution in [-0.4, -0.2) is 64.8 Å². The van der Waals surface area contributed by atoms with E-state index in [0.717, 1.165) is 46.6 Å². The monoisotopic (exact) mass is 446 g/mol. The van der Waals surface area contributed by atoms with E-state index in [0.29, 0.717) is 17.0 Å². The van der Waals surface area contributed by atoms with Crippen LogP contribution >= 0.6 is 0 Å². The number of pyridine rings is 1. The molecule has 0 amide bonds. The van der Waals surface area contributed by atoms with Crippen LogP contribution in [0.5, 0.6) is 5.75 Å². The van der Waals surface area contributed by atoms with Gasteiger partial charge in [-0.3, -0.25) is 4.98 Å². The average molecular weight is 447 g/mol. The number of anilines is 1. The van der Waals surface area contributed by atoms with Crippen LogP contribution in [0.15, 0.2) is 36.8 Å². The minimum absolute atomic E-state index is 0.195. The van der Waals surface area contributed by atoms with Crippen molar-refractivity contribution in [3.63, 3.8) is 0 Å². The molecule has 4 aromatic rings. The van der Waals surface area contributed by atoms with Crippen LogP contribution in [0.4, 0.5) is 10.1 Å². The molecular formula is C25H27FN6O. The highest BCUT2D eigenvalue weighted by molar-refractivity contribution is 5.98. The molecule has 4 heterocycles. The smallest absolute Gasteiger partial charge is 0.167 e. The Balaban J connectivity index is 1.33. The van der Waals surface area contributed by atoms with Crippen molar-refractivity contribution in [2.75, 3.05) is 39.2 Å². The minimum Gasteiger partial charge on any atom is -0.494 e. The highest BCUT2D eigenvalue weighted by Crippen LogP contribution is 2.50. The van der Waals surface area contributed by atoms with Crippen molar-refractivity contribution in [2.45, 2.75) is 25.8 Å². The number of aryl methyl sites for hydroxylation is 1. The number of methoxy groups -OCH3 is 1. The largest absolute Gasteiger partial charge is 0.494 e. The normalized spacial score (nSPS) is 17.7. The molecule has 1 spiro atoms. The van der Waals surface area contributed by atoms with E-state index in [2.05, 4.69) is 40.2 Å². The van der Waals surface area contributed by atoms with Gasteiger partial charge in [-0.1, -0.05) is 0 Å². The first-order valence-corrected chi connectivity index (χ1v) is 11.3. The Hall–Kier alpha value is -3.26. The number of nitrogens with zero attached hydrogens (tertiary/aromatic N) is 6. The van der Waals surface area contributed by atoms with Crippen LogP contribution < -0.4 is 9.64 Å². The van der Waals surface area contributed by atoms with Crippen molar-refractivity contribution >= 4 is 22.2 Å². The summed E-state index contributed by atoms with van der Waals surface area (Å²) in [4.78, 5) is 14.0. The second-order valence-electron chi connectivity index (χ2n) is 9.84. The molecule has 0 radical (unpaired) electrons. The fraction of sp³-hybridized carbons (Fsp3) is 0.400. The van der Waals surface area contributed by atoms with Gasteiger partial charge in [0.1, 0.15) is 0 Å². The number of aromatic nitrogens is 4. The molecule has 170 valence electrons. The lowest BCUT2D eigenvalue weighted by molar-refractivity contribution is 0.00127. The maximum atomic E-state index is 14.3. The van der Waals surface area contributed by atoms with E-state index < -0.39 is 5.82 Å². The highest BCUT2D eigenvalue weighted by atomic mass is 19.1. The van der Waals surface area contributed by atoms with Crippen LogP contribution in [0.2, 0.25) is 0 Å². The number of benzene rings is 1. The summed E-state index contributed by atoms with van der Waals surface area (Å²) in [5.74, 6) is -0.229. The lowest BCUT2D eigenvalue weighted by atomic mass is 9.60. The third-order valence-electron chi connectivity index (χ3n) is 7.33. The first-order valence-electron chi connectivity index (χ1n) is 11.3. The van der Waals surface area contributed by atoms with E-state index in [1.54, 1.807) is 6.07 Å². The number of hydrogen-bond donors (Lipinski definition) is 0. The van der Waals surface area contributed by atoms with Gasteiger partial charge in [0, 0.05) is 47.3 Å². The van der Waals surface area contributed by atoms with Gasteiger partial charge in [-0.15, -0.1) is 0 Å². The Morgan fingerprint density at radius 2 is 1.91 bits per heavy atom. The first-order chi connectivity index (χ1) is 15.9. The Morgan fingerprint density at radius 1 is 1.12 bits per heavy atom. The highest BCUT2D eigenvalue weighted by Gasteiger charge is 2.53. The van der Waals surface area contributed by atoms with Crippen LogP contribution in [-0.2, 0) is 0 Å². The minimum atomic E-state index is -0.424. The Labute approximate surface area is 191 Å². The third-order valence-corrected chi connectivity index (χ3v) is 7.33. The molecule has 7 nitrogen and oxygen atoms in total. The first kappa shape index (κ1) is 20.4. The molecule has 1 saturated heterocycles. The van der Waals surface area contributed by atoms with Crippen LogP contribution in [0, 0.1) is 18.2 Å². The van der Waals surface area contributed by atoms with E-state index in [9.17, 15) is 4.39 Å². The zero-order valence-electron chi connectivity index (χ0n) is 19.3. The predicted molar refractivity (Wildman–Crippen MR) is 126 cm³/mol. The molecule has 8 heteroatoms. The molecule has 3 aromatic heterocycles. The summed E-state index contributed by atoms with van der Waals surface area (Å²) in [5, 5.41) is 5.40. The Bertz CT molecular complexity index is 1380. The molecule has 0 atom stereocenters. The van der Waals surface area contributed by atoms with Crippen LogP contribution in [0.25, 0.3) is 27.7 Å². The summed E-state index contributed by atoms with van der Waals surface area (Å²) in [5.41, 5.74) is 5.52. The fourth-order valence-electron chi connectivity index (χ4n) is 5.47. The maximum Gasteiger partial charge on any atom is 0.167 e. The molecule has 0 N–H and O–H groups in total. The molecule has 6 rings (SSSR count). The standard InChI is InChI=1S/C25H27FN6O/c1-15-5-18(19-6-23(33-4)21(26)7-22(19)29-15)20-11-28-32-12-17(10-27-24(20)32)31-13-25(14-31)8-16(9-25)30(2)3/h5-7,10-12,16H,8-9,13-14H2,1-4H3. The van der Waals surface area contributed by atoms with E-state index in [-0.39, 0.29) is 5.75 Å². The summed E-state index contributed by atoms with van der Waals surface area (Å²) in [7, 11) is 5.80. The number of fused-ring (bicyclic) bond motifs is 2. The second kappa shape index (κ2) is 7.12. The number of ether oxygens (including phenoxy) is 1. The summed E-state index contributed by atoms with van der Waals surface area (Å²) < 4.78 is 21.3. The molecule has 33 heavy (non-hydrogen) atoms. The molecule has 0 unspecified atom stereocenters. The van der Waals surface area contributed by atoms with Gasteiger partial charge < -0.3 is 14.5 Å². The Morgan fingerprint density at radius 3 is 2.64 bits per heavy atom. The fourth-order valence-corrected chi connectivity index (χ4v) is 5.47. The SMILES string of the molecule is COc1cc2c(-c3cnn4cc(N5CC6(CC(N(C)C)C6)C5)cnc34)cc(C)nc2cc1F. The summed E-state index contributed by atoms with van der Waals surface area (Å²) >= 11 is 0. The molecule has 1 aliphatic carbocycles. The van der Waals surface area contributed by atoms with Gasteiger partial charge in [0.05, 0.1) is 36.9 Å². The quantitative estimate of drug-likeness (QED) is 0.474. The zero-order valence-corrected chi connectivity index (χ0v) is 19.3. The molecule has 2 aliphatic rings. The van der Waals surface area contributed by atoms with E-state index >= 15 is 0 Å². The molecule has 1 aromatic carbocycles. The summed E-state index contributed by atoms with van der Waals surface area (Å²) in [6, 6.07) is 5.82. The van der Waals surface area contributed by atoms with E-state index in [1.165, 1.54) is 26.0 Å². The van der Waals surface area contributed by atoms with Crippen molar-refractivity contribution in [3.05, 3.63) is 48.3 Å². The molecule has 2 fully saturated rings. The molecule has 1 saturated carbocycles. The molecule has 1 aliphatic heterocycles. The Kier molecular flexibility index (Phi) is 4.39. The molecule has 0 bridgehead atoms. The number of halogens is 1. The zero-order chi connectivity index (χ0) is 22.9. The van der Waals surface area contributed by atoms with Crippen molar-refractivity contribution in [1.29, 1.82) is 0 Å². The lowest BCUT2D eigenvalue weighted by Gasteiger charge is -2.61. The van der Waals surface area contributed by atoms with Crippen LogP contribution in [0.3, 0.4) is 0 Å². The van der Waals surface area contributed by atoms with Gasteiger partial charge in [0.15, 0.2) is 17.2 Å². The van der Waals surface area contributed by atoms with Gasteiger partial charge in [0.25, 0.3) is 0 Å². The topological polar surface area (TPSA) is 58.8 Å². The van der Waals surface area contributed by atoms with Crippen molar-refractivity contribution < 1.29 is 9.13 Å². The lowest BCUT2D eigenvalue weighted by Crippen LogP contribution is -2.66. The summed E-state index contributed by atoms with van der Waals surface area (Å²) in [6.45, 7) is 4.07. The summed E-state index contributed by atoms with van der Waals surface area (Å²) in [6.07, 6.45) is 8.36. The second-order valence-corrected chi connectivity index (χ2v) is 9.84. The number of hydrogen-bond acceptors (Lipinski definition) is 6. The van der Waals surface area contributed by atoms with Gasteiger partial charge in [-0.05, 0) is 51.6 Å². The number of rotatable bonds is 4. The van der Waals surface area contributed by atoms with Gasteiger partial charge in [0.2, 0.25) is 0 Å². The average Bonchev–Trinajstić information content (AvgIpc) is 3.13. The van der Waals surface area contributed by atoms with Crippen LogP contribution in [0.1, 0.15) is 18.5 Å². The predicted octanol–water partition coefficient (Wildman–Crippen LogP) is 3.93. The van der Waals surface area contributed by atoms with E-state index in [4.69, 9.17) is 9.72 Å². The van der Waals surface area contributed by atoms with Crippen molar-refractivity contribution in [3.8, 4) is 16.9 Å². The van der Waals surface area contributed by atoms with Crippen molar-refractivity contribution in [2.24, 2.45) is 5.41 Å².